The topological polar surface area (TPSA) is 55.3 Å². The van der Waals surface area contributed by atoms with E-state index in [9.17, 15) is 26.3 Å². The minimum absolute atomic E-state index is 0.0357. The third-order valence-electron chi connectivity index (χ3n) is 4.15. The van der Waals surface area contributed by atoms with Gasteiger partial charge in [-0.1, -0.05) is 18.2 Å². The van der Waals surface area contributed by atoms with Gasteiger partial charge in [-0.25, -0.2) is 0 Å². The Kier molecular flexibility index (Phi) is 5.08. The van der Waals surface area contributed by atoms with E-state index >= 15 is 0 Å². The molecule has 0 fully saturated rings. The normalized spacial score (nSPS) is 12.1. The molecule has 3 nitrogen and oxygen atoms in total. The zero-order chi connectivity index (χ0) is 21.4. The molecule has 4 N–H and O–H groups in total. The monoisotopic (exact) mass is 411 g/mol. The van der Waals surface area contributed by atoms with Gasteiger partial charge in [-0.3, -0.25) is 0 Å². The van der Waals surface area contributed by atoms with Crippen molar-refractivity contribution in [3.05, 3.63) is 77.9 Å². The molecule has 152 valence electrons. The first-order valence-electron chi connectivity index (χ1n) is 8.27. The van der Waals surface area contributed by atoms with Gasteiger partial charge in [0.25, 0.3) is 0 Å². The number of anilines is 5. The summed E-state index contributed by atoms with van der Waals surface area (Å²) in [5, 5.41) is 0. The van der Waals surface area contributed by atoms with E-state index in [1.165, 1.54) is 24.3 Å². The number of rotatable bonds is 3. The lowest BCUT2D eigenvalue weighted by Crippen LogP contribution is -2.20. The first-order valence-corrected chi connectivity index (χ1v) is 8.27. The molecular formula is C20H15F6N3. The van der Waals surface area contributed by atoms with Crippen LogP contribution in [0.15, 0.2) is 66.7 Å². The molecule has 29 heavy (non-hydrogen) atoms. The van der Waals surface area contributed by atoms with E-state index in [1.54, 1.807) is 6.07 Å². The Bertz CT molecular complexity index is 949. The largest absolute Gasteiger partial charge is 0.418 e. The van der Waals surface area contributed by atoms with Gasteiger partial charge in [0, 0.05) is 17.1 Å². The standard InChI is InChI=1S/C20H15F6N3/c21-19(22,23)15-8-6-12(27)10-17(15)29(14-4-2-1-3-5-14)18-11-13(28)7-9-16(18)20(24,25)26/h1-11H,27-28H2. The number of nitrogen functional groups attached to an aromatic ring is 2. The van der Waals surface area contributed by atoms with Gasteiger partial charge in [0.05, 0.1) is 22.5 Å². The maximum absolute atomic E-state index is 13.7. The van der Waals surface area contributed by atoms with Crippen LogP contribution in [0.4, 0.5) is 54.8 Å². The first kappa shape index (κ1) is 20.4. The van der Waals surface area contributed by atoms with E-state index in [0.29, 0.717) is 0 Å². The van der Waals surface area contributed by atoms with Crippen molar-refractivity contribution in [1.82, 2.24) is 0 Å². The maximum atomic E-state index is 13.7. The number of halogens is 6. The van der Waals surface area contributed by atoms with Crippen LogP contribution in [0.2, 0.25) is 0 Å². The molecule has 0 bridgehead atoms. The van der Waals surface area contributed by atoms with E-state index in [2.05, 4.69) is 0 Å². The van der Waals surface area contributed by atoms with Gasteiger partial charge in [-0.2, -0.15) is 26.3 Å². The van der Waals surface area contributed by atoms with Gasteiger partial charge in [-0.15, -0.1) is 0 Å². The average molecular weight is 411 g/mol. The summed E-state index contributed by atoms with van der Waals surface area (Å²) in [7, 11) is 0. The van der Waals surface area contributed by atoms with Crippen molar-refractivity contribution in [2.45, 2.75) is 12.4 Å². The van der Waals surface area contributed by atoms with E-state index in [1.807, 2.05) is 0 Å². The fourth-order valence-electron chi connectivity index (χ4n) is 2.93. The predicted molar refractivity (Wildman–Crippen MR) is 100.0 cm³/mol. The second-order valence-corrected chi connectivity index (χ2v) is 6.22. The molecule has 0 saturated carbocycles. The van der Waals surface area contributed by atoms with Crippen molar-refractivity contribution in [3.63, 3.8) is 0 Å². The third kappa shape index (κ3) is 4.23. The van der Waals surface area contributed by atoms with Crippen LogP contribution in [0.25, 0.3) is 0 Å². The molecular weight excluding hydrogens is 396 g/mol. The summed E-state index contributed by atoms with van der Waals surface area (Å²) in [5.74, 6) is 0. The molecule has 3 rings (SSSR count). The highest BCUT2D eigenvalue weighted by molar-refractivity contribution is 5.83. The minimum Gasteiger partial charge on any atom is -0.399 e. The molecule has 0 atom stereocenters. The summed E-state index contributed by atoms with van der Waals surface area (Å²) in [6, 6.07) is 12.9. The van der Waals surface area contributed by atoms with E-state index in [4.69, 9.17) is 11.5 Å². The van der Waals surface area contributed by atoms with Crippen LogP contribution in [0, 0.1) is 0 Å². The van der Waals surface area contributed by atoms with Gasteiger partial charge in [0.2, 0.25) is 0 Å². The second kappa shape index (κ2) is 7.23. The lowest BCUT2D eigenvalue weighted by molar-refractivity contribution is -0.137. The summed E-state index contributed by atoms with van der Waals surface area (Å²) in [5.41, 5.74) is 8.02. The SMILES string of the molecule is Nc1ccc(C(F)(F)F)c(N(c2ccccc2)c2cc(N)ccc2C(F)(F)F)c1. The third-order valence-corrected chi connectivity index (χ3v) is 4.15. The molecule has 9 heteroatoms. The van der Waals surface area contributed by atoms with Crippen molar-refractivity contribution in [1.29, 1.82) is 0 Å². The van der Waals surface area contributed by atoms with Crippen LogP contribution < -0.4 is 16.4 Å². The Balaban J connectivity index is 2.40. The van der Waals surface area contributed by atoms with Crippen LogP contribution >= 0.6 is 0 Å². The molecule has 0 radical (unpaired) electrons. The Morgan fingerprint density at radius 2 is 1.00 bits per heavy atom. The molecule has 0 heterocycles. The van der Waals surface area contributed by atoms with Gasteiger partial charge in [0.1, 0.15) is 0 Å². The summed E-state index contributed by atoms with van der Waals surface area (Å²) in [6.45, 7) is 0. The number of hydrogen-bond acceptors (Lipinski definition) is 3. The molecule has 3 aromatic rings. The highest BCUT2D eigenvalue weighted by Gasteiger charge is 2.39. The van der Waals surface area contributed by atoms with Gasteiger partial charge in [0.15, 0.2) is 0 Å². The summed E-state index contributed by atoms with van der Waals surface area (Å²) < 4.78 is 82.0. The molecule has 0 aromatic heterocycles. The van der Waals surface area contributed by atoms with Crippen molar-refractivity contribution >= 4 is 28.4 Å². The molecule has 0 aliphatic carbocycles. The van der Waals surface area contributed by atoms with Crippen LogP contribution in [0.3, 0.4) is 0 Å². The predicted octanol–water partition coefficient (Wildman–Crippen LogP) is 6.36. The average Bonchev–Trinajstić information content (AvgIpc) is 2.61. The number of benzene rings is 3. The molecule has 0 spiro atoms. The molecule has 0 saturated heterocycles. The van der Waals surface area contributed by atoms with Crippen molar-refractivity contribution in [3.8, 4) is 0 Å². The number of nitrogens with zero attached hydrogens (tertiary/aromatic N) is 1. The Morgan fingerprint density at radius 1 is 0.586 bits per heavy atom. The van der Waals surface area contributed by atoms with Gasteiger partial charge in [-0.05, 0) is 48.5 Å². The van der Waals surface area contributed by atoms with Gasteiger partial charge >= 0.3 is 12.4 Å². The number of hydrogen-bond donors (Lipinski definition) is 2. The number of alkyl halides is 6. The van der Waals surface area contributed by atoms with Crippen molar-refractivity contribution in [2.24, 2.45) is 0 Å². The lowest BCUT2D eigenvalue weighted by atomic mass is 10.0. The van der Waals surface area contributed by atoms with Crippen LogP contribution in [0.5, 0.6) is 0 Å². The molecule has 0 aliphatic rings. The molecule has 0 aliphatic heterocycles. The van der Waals surface area contributed by atoms with Crippen LogP contribution in [-0.2, 0) is 12.4 Å². The van der Waals surface area contributed by atoms with Crippen molar-refractivity contribution in [2.75, 3.05) is 16.4 Å². The van der Waals surface area contributed by atoms with E-state index in [0.717, 1.165) is 41.3 Å². The van der Waals surface area contributed by atoms with Crippen LogP contribution in [-0.4, -0.2) is 0 Å². The summed E-state index contributed by atoms with van der Waals surface area (Å²) >= 11 is 0. The Labute approximate surface area is 162 Å². The highest BCUT2D eigenvalue weighted by Crippen LogP contribution is 2.47. The molecule has 3 aromatic carbocycles. The number of nitrogens with two attached hydrogens (primary N) is 2. The van der Waals surface area contributed by atoms with Gasteiger partial charge < -0.3 is 16.4 Å². The maximum Gasteiger partial charge on any atom is 0.418 e. The fourth-order valence-corrected chi connectivity index (χ4v) is 2.93. The quantitative estimate of drug-likeness (QED) is 0.390. The zero-order valence-corrected chi connectivity index (χ0v) is 14.7. The van der Waals surface area contributed by atoms with Crippen molar-refractivity contribution < 1.29 is 26.3 Å². The fraction of sp³-hybridized carbons (Fsp3) is 0.100. The minimum atomic E-state index is -4.82. The lowest BCUT2D eigenvalue weighted by Gasteiger charge is -2.30. The Hall–Kier alpha value is -3.36. The zero-order valence-electron chi connectivity index (χ0n) is 14.7. The Morgan fingerprint density at radius 3 is 1.38 bits per heavy atom. The first-order chi connectivity index (χ1) is 13.5. The van der Waals surface area contributed by atoms with Crippen LogP contribution in [0.1, 0.15) is 11.1 Å². The van der Waals surface area contributed by atoms with E-state index in [-0.39, 0.29) is 17.1 Å². The van der Waals surface area contributed by atoms with E-state index < -0.39 is 34.9 Å². The highest BCUT2D eigenvalue weighted by atomic mass is 19.4. The smallest absolute Gasteiger partial charge is 0.399 e. The summed E-state index contributed by atoms with van der Waals surface area (Å²) in [4.78, 5) is 0.859. The molecule has 0 unspecified atom stereocenters. The summed E-state index contributed by atoms with van der Waals surface area (Å²) in [6.07, 6.45) is -9.65. The second-order valence-electron chi connectivity index (χ2n) is 6.22. The number of para-hydroxylation sites is 1. The molecule has 0 amide bonds.